The molecule has 7 heteroatoms. The lowest BCUT2D eigenvalue weighted by atomic mass is 9.89. The SMILES string of the molecule is CC=C[C@@H]1C[C@H](C(=O)OC(C)(C)C)N(C(=O)OC(C)(C)C)[C@@H]1CC(CC)CNC(C)=O. The third-order valence-corrected chi connectivity index (χ3v) is 5.20. The van der Waals surface area contributed by atoms with Crippen molar-refractivity contribution in [2.45, 2.75) is 105 Å². The fraction of sp³-hybridized carbons (Fsp3) is 0.792. The summed E-state index contributed by atoms with van der Waals surface area (Å²) in [7, 11) is 0. The second-order valence-electron chi connectivity index (χ2n) is 10.4. The molecular weight excluding hydrogens is 396 g/mol. The van der Waals surface area contributed by atoms with Gasteiger partial charge in [-0.25, -0.2) is 9.59 Å². The number of amides is 2. The largest absolute Gasteiger partial charge is 0.458 e. The van der Waals surface area contributed by atoms with Gasteiger partial charge in [0.05, 0.1) is 0 Å². The lowest BCUT2D eigenvalue weighted by molar-refractivity contribution is -0.160. The van der Waals surface area contributed by atoms with Crippen LogP contribution in [-0.2, 0) is 19.1 Å². The van der Waals surface area contributed by atoms with E-state index in [1.165, 1.54) is 6.92 Å². The maximum Gasteiger partial charge on any atom is 0.411 e. The Balaban J connectivity index is 3.28. The molecule has 0 aromatic carbocycles. The minimum absolute atomic E-state index is 0.00131. The minimum atomic E-state index is -0.710. The average Bonchev–Trinajstić information content (AvgIpc) is 2.94. The molecule has 4 atom stereocenters. The number of carbonyl (C=O) groups is 3. The van der Waals surface area contributed by atoms with Crippen molar-refractivity contribution in [1.82, 2.24) is 10.2 Å². The topological polar surface area (TPSA) is 84.9 Å². The number of hydrogen-bond acceptors (Lipinski definition) is 5. The van der Waals surface area contributed by atoms with Crippen LogP contribution >= 0.6 is 0 Å². The Morgan fingerprint density at radius 2 is 1.68 bits per heavy atom. The predicted octanol–water partition coefficient (Wildman–Crippen LogP) is 4.45. The first-order valence-electron chi connectivity index (χ1n) is 11.3. The highest BCUT2D eigenvalue weighted by molar-refractivity contribution is 5.83. The van der Waals surface area contributed by atoms with Gasteiger partial charge in [0, 0.05) is 19.5 Å². The summed E-state index contributed by atoms with van der Waals surface area (Å²) in [5, 5.41) is 2.88. The molecule has 0 aliphatic carbocycles. The van der Waals surface area contributed by atoms with Crippen molar-refractivity contribution in [2.24, 2.45) is 11.8 Å². The molecule has 2 amide bonds. The molecule has 178 valence electrons. The van der Waals surface area contributed by atoms with Crippen molar-refractivity contribution < 1.29 is 23.9 Å². The van der Waals surface area contributed by atoms with E-state index in [1.54, 1.807) is 4.90 Å². The van der Waals surface area contributed by atoms with E-state index in [9.17, 15) is 14.4 Å². The van der Waals surface area contributed by atoms with Gasteiger partial charge in [-0.3, -0.25) is 9.69 Å². The lowest BCUT2D eigenvalue weighted by Crippen LogP contribution is -2.50. The normalized spacial score (nSPS) is 23.0. The second kappa shape index (κ2) is 11.0. The van der Waals surface area contributed by atoms with E-state index in [-0.39, 0.29) is 23.8 Å². The number of allylic oxidation sites excluding steroid dienone is 1. The van der Waals surface area contributed by atoms with Crippen LogP contribution in [0.15, 0.2) is 12.2 Å². The van der Waals surface area contributed by atoms with Gasteiger partial charge in [0.15, 0.2) is 0 Å². The molecule has 1 saturated heterocycles. The Morgan fingerprint density at radius 3 is 2.13 bits per heavy atom. The van der Waals surface area contributed by atoms with E-state index in [0.717, 1.165) is 6.42 Å². The zero-order valence-electron chi connectivity index (χ0n) is 20.8. The molecule has 1 aliphatic heterocycles. The smallest absolute Gasteiger partial charge is 0.411 e. The first kappa shape index (κ1) is 27.0. The van der Waals surface area contributed by atoms with Crippen LogP contribution < -0.4 is 5.32 Å². The van der Waals surface area contributed by atoms with Gasteiger partial charge in [0.1, 0.15) is 17.2 Å². The fourth-order valence-corrected chi connectivity index (χ4v) is 3.89. The Labute approximate surface area is 187 Å². The molecule has 31 heavy (non-hydrogen) atoms. The molecule has 0 radical (unpaired) electrons. The third kappa shape index (κ3) is 8.91. The maximum atomic E-state index is 13.2. The maximum absolute atomic E-state index is 13.2. The zero-order chi connectivity index (χ0) is 24.0. The molecule has 1 rings (SSSR count). The summed E-state index contributed by atoms with van der Waals surface area (Å²) < 4.78 is 11.3. The first-order chi connectivity index (χ1) is 14.2. The number of likely N-dealkylation sites (tertiary alicyclic amines) is 1. The number of nitrogens with one attached hydrogen (secondary N) is 1. The molecule has 1 N–H and O–H groups in total. The number of carbonyl (C=O) groups excluding carboxylic acids is 3. The van der Waals surface area contributed by atoms with Gasteiger partial charge in [0.2, 0.25) is 5.91 Å². The van der Waals surface area contributed by atoms with Crippen molar-refractivity contribution in [3.63, 3.8) is 0 Å². The first-order valence-corrected chi connectivity index (χ1v) is 11.3. The fourth-order valence-electron chi connectivity index (χ4n) is 3.89. The summed E-state index contributed by atoms with van der Waals surface area (Å²) in [6.07, 6.45) is 5.49. The molecule has 1 unspecified atom stereocenters. The van der Waals surface area contributed by atoms with E-state index < -0.39 is 29.3 Å². The monoisotopic (exact) mass is 438 g/mol. The average molecular weight is 439 g/mol. The second-order valence-corrected chi connectivity index (χ2v) is 10.4. The molecular formula is C24H42N2O5. The van der Waals surface area contributed by atoms with E-state index >= 15 is 0 Å². The van der Waals surface area contributed by atoms with Gasteiger partial charge >= 0.3 is 12.1 Å². The van der Waals surface area contributed by atoms with E-state index in [1.807, 2.05) is 54.5 Å². The highest BCUT2D eigenvalue weighted by Crippen LogP contribution is 2.37. The molecule has 1 aliphatic rings. The highest BCUT2D eigenvalue weighted by Gasteiger charge is 2.49. The minimum Gasteiger partial charge on any atom is -0.458 e. The number of ether oxygens (including phenoxy) is 2. The summed E-state index contributed by atoms with van der Waals surface area (Å²) in [5.74, 6) is -0.318. The van der Waals surface area contributed by atoms with Gasteiger partial charge in [-0.05, 0) is 73.1 Å². The van der Waals surface area contributed by atoms with Gasteiger partial charge in [-0.1, -0.05) is 25.5 Å². The molecule has 0 aromatic rings. The van der Waals surface area contributed by atoms with E-state index in [2.05, 4.69) is 18.3 Å². The quantitative estimate of drug-likeness (QED) is 0.469. The van der Waals surface area contributed by atoms with Crippen molar-refractivity contribution in [1.29, 1.82) is 0 Å². The number of hydrogen-bond donors (Lipinski definition) is 1. The van der Waals surface area contributed by atoms with Crippen LogP contribution in [0.1, 0.15) is 81.6 Å². The Kier molecular flexibility index (Phi) is 9.58. The van der Waals surface area contributed by atoms with Crippen LogP contribution in [-0.4, -0.2) is 52.7 Å². The molecule has 1 fully saturated rings. The third-order valence-electron chi connectivity index (χ3n) is 5.20. The van der Waals surface area contributed by atoms with Gasteiger partial charge in [-0.2, -0.15) is 0 Å². The van der Waals surface area contributed by atoms with Gasteiger partial charge in [0.25, 0.3) is 0 Å². The summed E-state index contributed by atoms with van der Waals surface area (Å²) in [5.41, 5.74) is -1.33. The van der Waals surface area contributed by atoms with Crippen molar-refractivity contribution in [3.8, 4) is 0 Å². The van der Waals surface area contributed by atoms with Gasteiger partial charge < -0.3 is 14.8 Å². The van der Waals surface area contributed by atoms with E-state index in [4.69, 9.17) is 9.47 Å². The number of nitrogens with zero attached hydrogens (tertiary/aromatic N) is 1. The Bertz CT molecular complexity index is 660. The molecule has 0 saturated carbocycles. The van der Waals surface area contributed by atoms with Crippen LogP contribution in [0.5, 0.6) is 0 Å². The number of rotatable bonds is 7. The Morgan fingerprint density at radius 1 is 1.10 bits per heavy atom. The van der Waals surface area contributed by atoms with Crippen LogP contribution in [0.4, 0.5) is 4.79 Å². The summed E-state index contributed by atoms with van der Waals surface area (Å²) >= 11 is 0. The molecule has 0 aromatic heterocycles. The van der Waals surface area contributed by atoms with Crippen LogP contribution in [0, 0.1) is 11.8 Å². The molecule has 0 spiro atoms. The lowest BCUT2D eigenvalue weighted by Gasteiger charge is -2.35. The summed E-state index contributed by atoms with van der Waals surface area (Å²) in [6.45, 7) is 16.9. The number of esters is 1. The van der Waals surface area contributed by atoms with Crippen molar-refractivity contribution in [2.75, 3.05) is 6.54 Å². The van der Waals surface area contributed by atoms with Crippen LogP contribution in [0.25, 0.3) is 0 Å². The standard InChI is InChI=1S/C24H42N2O5/c1-10-12-18-14-20(21(28)30-23(4,5)6)26(22(29)31-24(7,8)9)19(18)13-17(11-2)15-25-16(3)27/h10,12,17-20H,11,13-15H2,1-9H3,(H,25,27)/t17?,18-,19-,20-/m1/s1. The Hall–Kier alpha value is -2.05. The summed E-state index contributed by atoms with van der Waals surface area (Å²) in [4.78, 5) is 39.3. The van der Waals surface area contributed by atoms with E-state index in [0.29, 0.717) is 19.4 Å². The predicted molar refractivity (Wildman–Crippen MR) is 121 cm³/mol. The molecule has 7 nitrogen and oxygen atoms in total. The molecule has 0 bridgehead atoms. The van der Waals surface area contributed by atoms with Crippen LogP contribution in [0.3, 0.4) is 0 Å². The van der Waals surface area contributed by atoms with Crippen LogP contribution in [0.2, 0.25) is 0 Å². The zero-order valence-corrected chi connectivity index (χ0v) is 20.8. The summed E-state index contributed by atoms with van der Waals surface area (Å²) in [6, 6.07) is -0.930. The van der Waals surface area contributed by atoms with Crippen molar-refractivity contribution >= 4 is 18.0 Å². The molecule has 1 heterocycles. The van der Waals surface area contributed by atoms with Gasteiger partial charge in [-0.15, -0.1) is 0 Å². The highest BCUT2D eigenvalue weighted by atomic mass is 16.6. The van der Waals surface area contributed by atoms with Crippen molar-refractivity contribution in [3.05, 3.63) is 12.2 Å².